The number of unbranched alkanes of at least 4 members (excludes halogenated alkanes) is 14. The Morgan fingerprint density at radius 1 is 0.767 bits per heavy atom. The minimum Gasteiger partial charge on any atom is -0.330 e. The van der Waals surface area contributed by atoms with Crippen LogP contribution in [0, 0.1) is 0 Å². The smallest absolute Gasteiger partial charge is 0.330 e. The molecule has 8 nitrogen and oxygen atoms in total. The van der Waals surface area contributed by atoms with Crippen molar-refractivity contribution in [1.29, 1.82) is 0 Å². The molecule has 2 amide bonds. The number of azide groups is 1. The third kappa shape index (κ3) is 13.2. The van der Waals surface area contributed by atoms with Crippen LogP contribution in [0.4, 0.5) is 0 Å². The van der Waals surface area contributed by atoms with Gasteiger partial charge >= 0.3 is 5.97 Å². The van der Waals surface area contributed by atoms with Gasteiger partial charge in [-0.25, -0.2) is 4.79 Å². The van der Waals surface area contributed by atoms with Crippen LogP contribution in [-0.2, 0) is 19.2 Å². The fourth-order valence-corrected chi connectivity index (χ4v) is 3.60. The number of nitrogens with zero attached hydrogens (tertiary/aromatic N) is 4. The van der Waals surface area contributed by atoms with Crippen molar-refractivity contribution in [2.45, 2.75) is 116 Å². The number of hydrogen-bond donors (Lipinski definition) is 0. The number of rotatable bonds is 19. The van der Waals surface area contributed by atoms with Gasteiger partial charge in [0.1, 0.15) is 0 Å². The summed E-state index contributed by atoms with van der Waals surface area (Å²) < 4.78 is 0. The zero-order valence-corrected chi connectivity index (χ0v) is 18.4. The molecule has 1 rings (SSSR count). The lowest BCUT2D eigenvalue weighted by molar-refractivity contribution is -0.197. The van der Waals surface area contributed by atoms with Crippen molar-refractivity contribution in [2.24, 2.45) is 5.11 Å². The van der Waals surface area contributed by atoms with Crippen molar-refractivity contribution in [3.05, 3.63) is 10.4 Å². The molecule has 30 heavy (non-hydrogen) atoms. The molecule has 0 aromatic rings. The molecule has 1 fully saturated rings. The van der Waals surface area contributed by atoms with Crippen molar-refractivity contribution < 1.29 is 19.2 Å². The van der Waals surface area contributed by atoms with Crippen LogP contribution in [0.2, 0.25) is 0 Å². The third-order valence-corrected chi connectivity index (χ3v) is 5.40. The number of carbonyl (C=O) groups excluding carboxylic acids is 3. The second-order valence-corrected chi connectivity index (χ2v) is 8.05. The highest BCUT2D eigenvalue weighted by atomic mass is 16.7. The molecule has 0 spiro atoms. The van der Waals surface area contributed by atoms with E-state index in [1.165, 1.54) is 64.2 Å². The second-order valence-electron chi connectivity index (χ2n) is 8.05. The van der Waals surface area contributed by atoms with Gasteiger partial charge in [-0.05, 0) is 18.4 Å². The third-order valence-electron chi connectivity index (χ3n) is 5.40. The van der Waals surface area contributed by atoms with Gasteiger partial charge < -0.3 is 4.84 Å². The molecule has 0 aliphatic carbocycles. The topological polar surface area (TPSA) is 112 Å². The fourth-order valence-electron chi connectivity index (χ4n) is 3.60. The van der Waals surface area contributed by atoms with Crippen molar-refractivity contribution in [3.8, 4) is 0 Å². The van der Waals surface area contributed by atoms with Crippen LogP contribution in [0.15, 0.2) is 5.11 Å². The Bertz CT molecular complexity index is 545. The Morgan fingerprint density at radius 2 is 1.17 bits per heavy atom. The Balaban J connectivity index is 1.77. The summed E-state index contributed by atoms with van der Waals surface area (Å²) >= 11 is 0. The lowest BCUT2D eigenvalue weighted by Gasteiger charge is -2.12. The summed E-state index contributed by atoms with van der Waals surface area (Å²) in [5.74, 6) is -1.34. The zero-order valence-electron chi connectivity index (χ0n) is 18.4. The lowest BCUT2D eigenvalue weighted by atomic mass is 10.0. The minimum absolute atomic E-state index is 0.132. The van der Waals surface area contributed by atoms with Crippen LogP contribution in [0.1, 0.15) is 116 Å². The average molecular weight is 423 g/mol. The molecule has 1 aliphatic heterocycles. The van der Waals surface area contributed by atoms with E-state index in [-0.39, 0.29) is 19.3 Å². The van der Waals surface area contributed by atoms with E-state index in [4.69, 9.17) is 10.4 Å². The highest BCUT2D eigenvalue weighted by molar-refractivity contribution is 6.01. The molecular formula is C22H38N4O4. The van der Waals surface area contributed by atoms with Gasteiger partial charge in [0.05, 0.1) is 0 Å². The maximum absolute atomic E-state index is 11.7. The molecule has 1 heterocycles. The van der Waals surface area contributed by atoms with E-state index in [9.17, 15) is 14.4 Å². The first-order valence-electron chi connectivity index (χ1n) is 11.7. The van der Waals surface area contributed by atoms with Gasteiger partial charge in [-0.15, -0.1) is 5.06 Å². The van der Waals surface area contributed by atoms with Gasteiger partial charge in [0.15, 0.2) is 0 Å². The normalized spacial score (nSPS) is 13.5. The summed E-state index contributed by atoms with van der Waals surface area (Å²) in [6.07, 6.45) is 18.3. The van der Waals surface area contributed by atoms with Crippen LogP contribution in [0.25, 0.3) is 10.4 Å². The average Bonchev–Trinajstić information content (AvgIpc) is 3.05. The highest BCUT2D eigenvalue weighted by Crippen LogP contribution is 2.15. The highest BCUT2D eigenvalue weighted by Gasteiger charge is 2.32. The monoisotopic (exact) mass is 422 g/mol. The molecule has 1 aliphatic rings. The zero-order chi connectivity index (χ0) is 21.9. The van der Waals surface area contributed by atoms with E-state index in [0.717, 1.165) is 32.1 Å². The first-order chi connectivity index (χ1) is 14.6. The fraction of sp³-hybridized carbons (Fsp3) is 0.864. The Hall–Kier alpha value is -2.08. The minimum atomic E-state index is -0.494. The maximum Gasteiger partial charge on any atom is 0.333 e. The number of imide groups is 1. The van der Waals surface area contributed by atoms with E-state index in [1.54, 1.807) is 0 Å². The Morgan fingerprint density at radius 3 is 1.60 bits per heavy atom. The number of carbonyl (C=O) groups is 3. The van der Waals surface area contributed by atoms with Crippen LogP contribution >= 0.6 is 0 Å². The summed E-state index contributed by atoms with van der Waals surface area (Å²) in [6, 6.07) is 0. The van der Waals surface area contributed by atoms with Crippen molar-refractivity contribution in [2.75, 3.05) is 6.54 Å². The first-order valence-corrected chi connectivity index (χ1v) is 11.7. The largest absolute Gasteiger partial charge is 0.333 e. The van der Waals surface area contributed by atoms with E-state index < -0.39 is 17.8 Å². The van der Waals surface area contributed by atoms with Gasteiger partial charge in [0.25, 0.3) is 11.8 Å². The lowest BCUT2D eigenvalue weighted by Crippen LogP contribution is -2.31. The van der Waals surface area contributed by atoms with E-state index >= 15 is 0 Å². The van der Waals surface area contributed by atoms with Crippen LogP contribution < -0.4 is 0 Å². The quantitative estimate of drug-likeness (QED) is 0.0817. The van der Waals surface area contributed by atoms with Crippen molar-refractivity contribution >= 4 is 17.8 Å². The van der Waals surface area contributed by atoms with Gasteiger partial charge in [0.2, 0.25) is 0 Å². The summed E-state index contributed by atoms with van der Waals surface area (Å²) in [6.45, 7) is 0.631. The van der Waals surface area contributed by atoms with Gasteiger partial charge in [0, 0.05) is 30.7 Å². The number of amides is 2. The summed E-state index contributed by atoms with van der Waals surface area (Å²) in [4.78, 5) is 42.0. The molecule has 0 aromatic carbocycles. The molecule has 0 saturated carbocycles. The SMILES string of the molecule is [N-]=[N+]=NCCCCCCCCCCCCCCCCCC(=O)ON1C(=O)CCC1=O. The Labute approximate surface area is 180 Å². The predicted molar refractivity (Wildman–Crippen MR) is 115 cm³/mol. The van der Waals surface area contributed by atoms with E-state index in [0.29, 0.717) is 11.6 Å². The summed E-state index contributed by atoms with van der Waals surface area (Å²) in [5, 5.41) is 4.17. The molecule has 0 radical (unpaired) electrons. The molecule has 0 aromatic heterocycles. The standard InChI is InChI=1S/C22H38N4O4/c23-25-24-19-15-13-11-9-7-5-3-1-2-4-6-8-10-12-14-16-22(29)30-26-20(27)17-18-21(26)28/h1-19H2. The van der Waals surface area contributed by atoms with Gasteiger partial charge in [-0.2, -0.15) is 0 Å². The van der Waals surface area contributed by atoms with E-state index in [2.05, 4.69) is 10.0 Å². The molecule has 0 N–H and O–H groups in total. The Kier molecular flexibility index (Phi) is 15.4. The van der Waals surface area contributed by atoms with Crippen molar-refractivity contribution in [1.82, 2.24) is 5.06 Å². The molecule has 1 saturated heterocycles. The predicted octanol–water partition coefficient (Wildman–Crippen LogP) is 6.15. The summed E-state index contributed by atoms with van der Waals surface area (Å²) in [7, 11) is 0. The van der Waals surface area contributed by atoms with Gasteiger partial charge in [-0.1, -0.05) is 88.6 Å². The van der Waals surface area contributed by atoms with Crippen LogP contribution in [0.5, 0.6) is 0 Å². The van der Waals surface area contributed by atoms with E-state index in [1.807, 2.05) is 0 Å². The maximum atomic E-state index is 11.7. The van der Waals surface area contributed by atoms with Crippen LogP contribution in [0.3, 0.4) is 0 Å². The first kappa shape index (κ1) is 26.0. The molecule has 0 bridgehead atoms. The number of hydrogen-bond acceptors (Lipinski definition) is 5. The number of hydroxylamine groups is 2. The summed E-state index contributed by atoms with van der Waals surface area (Å²) in [5.41, 5.74) is 8.19. The molecular weight excluding hydrogens is 384 g/mol. The molecule has 170 valence electrons. The molecule has 8 heteroatoms. The van der Waals surface area contributed by atoms with Gasteiger partial charge in [-0.3, -0.25) is 9.59 Å². The molecule has 0 atom stereocenters. The second kappa shape index (κ2) is 17.8. The molecule has 0 unspecified atom stereocenters. The van der Waals surface area contributed by atoms with Crippen molar-refractivity contribution in [3.63, 3.8) is 0 Å². The van der Waals surface area contributed by atoms with Crippen LogP contribution in [-0.4, -0.2) is 29.4 Å².